The number of hydrogen-bond donors (Lipinski definition) is 2. The molecule has 0 aliphatic rings. The van der Waals surface area contributed by atoms with Crippen LogP contribution >= 0.6 is 7.60 Å². The number of carbonyl (C=O) groups excluding carboxylic acids is 2. The lowest BCUT2D eigenvalue weighted by Gasteiger charge is -2.21. The third-order valence-electron chi connectivity index (χ3n) is 4.16. The lowest BCUT2D eigenvalue weighted by molar-refractivity contribution is -0.0364. The molecular formula is C20H32N5O10P. The van der Waals surface area contributed by atoms with Gasteiger partial charge in [-0.15, -0.1) is 5.10 Å². The Hall–Kier alpha value is -3.13. The van der Waals surface area contributed by atoms with Crippen molar-refractivity contribution >= 4 is 37.2 Å². The Kier molecular flexibility index (Phi) is 10.7. The summed E-state index contributed by atoms with van der Waals surface area (Å²) in [5, 5.41) is 4.14. The number of fused-ring (bicyclic) bond motifs is 1. The second kappa shape index (κ2) is 13.3. The molecule has 0 aliphatic carbocycles. The molecule has 0 bridgehead atoms. The Bertz CT molecular complexity index is 1040. The Morgan fingerprint density at radius 3 is 2.06 bits per heavy atom. The van der Waals surface area contributed by atoms with E-state index in [1.807, 2.05) is 0 Å². The van der Waals surface area contributed by atoms with Crippen molar-refractivity contribution < 1.29 is 46.9 Å². The highest BCUT2D eigenvalue weighted by Gasteiger charge is 2.29. The molecule has 4 N–H and O–H groups in total. The van der Waals surface area contributed by atoms with E-state index in [4.69, 9.17) is 44.2 Å². The molecule has 16 heteroatoms. The molecule has 202 valence electrons. The summed E-state index contributed by atoms with van der Waals surface area (Å²) in [5.41, 5.74) is 12.8. The molecule has 2 heterocycles. The Labute approximate surface area is 207 Å². The summed E-state index contributed by atoms with van der Waals surface area (Å²) in [6.07, 6.45) is -3.65. The van der Waals surface area contributed by atoms with E-state index < -0.39 is 58.2 Å². The summed E-state index contributed by atoms with van der Waals surface area (Å²) in [5.74, 6) is 0.227. The summed E-state index contributed by atoms with van der Waals surface area (Å²) >= 11 is 0. The quantitative estimate of drug-likeness (QED) is 0.216. The van der Waals surface area contributed by atoms with Crippen molar-refractivity contribution in [2.45, 2.75) is 59.4 Å². The van der Waals surface area contributed by atoms with Gasteiger partial charge in [0, 0.05) is 12.1 Å². The standard InChI is InChI=1S/C20H32N5O10P/c1-12(2)34-19(26)29-9-32-36(28,33-10-30-20(27)35-13(3)4)11-31-14(5)8-15-6-7-16-17(21)23-18(22)24-25(15)16/h6-7,12-14H,8-11H2,1-5H3,(H4,21,22,23,24)/t14-/m1/s1. The topological polar surface area (TPSA) is 198 Å². The van der Waals surface area contributed by atoms with Crippen LogP contribution in [0.4, 0.5) is 21.4 Å². The predicted molar refractivity (Wildman–Crippen MR) is 126 cm³/mol. The van der Waals surface area contributed by atoms with Gasteiger partial charge in [-0.1, -0.05) is 0 Å². The molecule has 0 aliphatic heterocycles. The van der Waals surface area contributed by atoms with E-state index in [1.54, 1.807) is 46.8 Å². The number of carbonyl (C=O) groups is 2. The van der Waals surface area contributed by atoms with E-state index in [0.717, 1.165) is 0 Å². The molecule has 2 aromatic rings. The molecule has 36 heavy (non-hydrogen) atoms. The minimum Gasteiger partial charge on any atom is -0.432 e. The average Bonchev–Trinajstić information content (AvgIpc) is 3.14. The van der Waals surface area contributed by atoms with Crippen molar-refractivity contribution in [3.05, 3.63) is 17.8 Å². The minimum absolute atomic E-state index is 0.00399. The largest absolute Gasteiger partial charge is 0.510 e. The van der Waals surface area contributed by atoms with Crippen molar-refractivity contribution in [1.82, 2.24) is 14.6 Å². The highest BCUT2D eigenvalue weighted by molar-refractivity contribution is 7.53. The van der Waals surface area contributed by atoms with Crippen LogP contribution in [0.5, 0.6) is 0 Å². The first-order valence-corrected chi connectivity index (χ1v) is 12.7. The molecule has 1 atom stereocenters. The molecule has 2 rings (SSSR count). The molecular weight excluding hydrogens is 501 g/mol. The van der Waals surface area contributed by atoms with E-state index in [9.17, 15) is 14.2 Å². The average molecular weight is 533 g/mol. The van der Waals surface area contributed by atoms with Crippen LogP contribution in [0.2, 0.25) is 0 Å². The number of aromatic nitrogens is 3. The summed E-state index contributed by atoms with van der Waals surface area (Å²) in [6.45, 7) is 6.71. The van der Waals surface area contributed by atoms with Crippen LogP contribution < -0.4 is 11.5 Å². The van der Waals surface area contributed by atoms with E-state index in [1.165, 1.54) is 4.52 Å². The van der Waals surface area contributed by atoms with Crippen LogP contribution in [0.25, 0.3) is 5.52 Å². The maximum Gasteiger partial charge on any atom is 0.510 e. The number of nitrogens with zero attached hydrogens (tertiary/aromatic N) is 3. The lowest BCUT2D eigenvalue weighted by atomic mass is 10.2. The zero-order valence-electron chi connectivity index (χ0n) is 20.7. The first kappa shape index (κ1) is 29.1. The van der Waals surface area contributed by atoms with Crippen LogP contribution in [-0.4, -0.2) is 65.2 Å². The molecule has 0 fully saturated rings. The third kappa shape index (κ3) is 9.49. The fourth-order valence-electron chi connectivity index (χ4n) is 2.69. The summed E-state index contributed by atoms with van der Waals surface area (Å²) in [4.78, 5) is 27.0. The number of ether oxygens (including phenoxy) is 5. The fourth-order valence-corrected chi connectivity index (χ4v) is 3.78. The number of anilines is 2. The zero-order chi connectivity index (χ0) is 26.9. The number of nitrogen functional groups attached to an aromatic ring is 2. The van der Waals surface area contributed by atoms with Crippen LogP contribution in [0, 0.1) is 0 Å². The van der Waals surface area contributed by atoms with Crippen molar-refractivity contribution in [2.24, 2.45) is 0 Å². The van der Waals surface area contributed by atoms with Crippen LogP contribution in [0.1, 0.15) is 40.3 Å². The van der Waals surface area contributed by atoms with E-state index >= 15 is 0 Å². The maximum absolute atomic E-state index is 13.1. The number of rotatable bonds is 13. The van der Waals surface area contributed by atoms with Crippen molar-refractivity contribution in [3.63, 3.8) is 0 Å². The van der Waals surface area contributed by atoms with E-state index in [2.05, 4.69) is 10.1 Å². The second-order valence-electron chi connectivity index (χ2n) is 8.01. The maximum atomic E-state index is 13.1. The van der Waals surface area contributed by atoms with Gasteiger partial charge in [-0.3, -0.25) is 13.6 Å². The molecule has 0 radical (unpaired) electrons. The van der Waals surface area contributed by atoms with Crippen LogP contribution in [-0.2, 0) is 43.7 Å². The van der Waals surface area contributed by atoms with Gasteiger partial charge >= 0.3 is 19.9 Å². The lowest BCUT2D eigenvalue weighted by Crippen LogP contribution is -2.19. The predicted octanol–water partition coefficient (Wildman–Crippen LogP) is 3.06. The van der Waals surface area contributed by atoms with Gasteiger partial charge in [0.25, 0.3) is 0 Å². The second-order valence-corrected chi connectivity index (χ2v) is 10.0. The Morgan fingerprint density at radius 2 is 1.53 bits per heavy atom. The Morgan fingerprint density at radius 1 is 0.972 bits per heavy atom. The number of hydrogen-bond acceptors (Lipinski definition) is 14. The first-order chi connectivity index (χ1) is 16.9. The summed E-state index contributed by atoms with van der Waals surface area (Å²) < 4.78 is 49.6. The summed E-state index contributed by atoms with van der Waals surface area (Å²) in [7, 11) is -4.07. The van der Waals surface area contributed by atoms with Gasteiger partial charge in [0.05, 0.1) is 18.3 Å². The van der Waals surface area contributed by atoms with Gasteiger partial charge in [0.15, 0.2) is 5.82 Å². The molecule has 0 amide bonds. The van der Waals surface area contributed by atoms with Crippen LogP contribution in [0.15, 0.2) is 12.1 Å². The van der Waals surface area contributed by atoms with Gasteiger partial charge < -0.3 is 35.2 Å². The van der Waals surface area contributed by atoms with Gasteiger partial charge in [-0.05, 0) is 46.8 Å². The van der Waals surface area contributed by atoms with E-state index in [0.29, 0.717) is 17.6 Å². The smallest absolute Gasteiger partial charge is 0.432 e. The van der Waals surface area contributed by atoms with Gasteiger partial charge in [0.2, 0.25) is 19.5 Å². The van der Waals surface area contributed by atoms with Gasteiger partial charge in [-0.2, -0.15) is 4.98 Å². The molecule has 0 unspecified atom stereocenters. The first-order valence-electron chi connectivity index (χ1n) is 10.9. The van der Waals surface area contributed by atoms with Crippen molar-refractivity contribution in [2.75, 3.05) is 31.4 Å². The molecule has 15 nitrogen and oxygen atoms in total. The third-order valence-corrected chi connectivity index (χ3v) is 5.63. The Balaban J connectivity index is 1.98. The fraction of sp³-hybridized carbons (Fsp3) is 0.600. The molecule has 0 saturated heterocycles. The van der Waals surface area contributed by atoms with Gasteiger partial charge in [0.1, 0.15) is 11.9 Å². The molecule has 0 spiro atoms. The van der Waals surface area contributed by atoms with E-state index in [-0.39, 0.29) is 11.8 Å². The highest BCUT2D eigenvalue weighted by Crippen LogP contribution is 2.48. The monoisotopic (exact) mass is 533 g/mol. The minimum atomic E-state index is -4.07. The van der Waals surface area contributed by atoms with Crippen LogP contribution in [0.3, 0.4) is 0 Å². The van der Waals surface area contributed by atoms with Crippen molar-refractivity contribution in [1.29, 1.82) is 0 Å². The molecule has 0 aromatic carbocycles. The van der Waals surface area contributed by atoms with Crippen molar-refractivity contribution in [3.8, 4) is 0 Å². The molecule has 0 saturated carbocycles. The normalized spacial score (nSPS) is 12.6. The SMILES string of the molecule is CC(C)OC(=O)OCOP(=O)(CO[C@H](C)Cc1ccc2c(N)nc(N)nn12)OCOC(=O)OC(C)C. The zero-order valence-corrected chi connectivity index (χ0v) is 21.6. The molecule has 2 aromatic heterocycles. The number of nitrogens with two attached hydrogens (primary N) is 2. The summed E-state index contributed by atoms with van der Waals surface area (Å²) in [6, 6.07) is 3.50. The van der Waals surface area contributed by atoms with Gasteiger partial charge in [-0.25, -0.2) is 14.1 Å². The highest BCUT2D eigenvalue weighted by atomic mass is 31.2.